The number of carbonyl (C=O) groups excluding carboxylic acids is 1. The quantitative estimate of drug-likeness (QED) is 0.823. The van der Waals surface area contributed by atoms with Crippen molar-refractivity contribution in [1.82, 2.24) is 10.6 Å². The van der Waals surface area contributed by atoms with Gasteiger partial charge in [0.2, 0.25) is 5.91 Å². The molecule has 0 aliphatic carbocycles. The van der Waals surface area contributed by atoms with Crippen LogP contribution in [-0.4, -0.2) is 18.5 Å². The second-order valence-corrected chi connectivity index (χ2v) is 6.44. The van der Waals surface area contributed by atoms with Crippen LogP contribution in [0.25, 0.3) is 0 Å². The minimum absolute atomic E-state index is 0.0772. The number of hydrogen-bond acceptors (Lipinski definition) is 3. The van der Waals surface area contributed by atoms with Crippen molar-refractivity contribution in [2.45, 2.75) is 25.6 Å². The third-order valence-electron chi connectivity index (χ3n) is 3.95. The second kappa shape index (κ2) is 7.88. The summed E-state index contributed by atoms with van der Waals surface area (Å²) < 4.78 is 5.75. The lowest BCUT2D eigenvalue weighted by atomic mass is 10.2. The highest BCUT2D eigenvalue weighted by Gasteiger charge is 2.22. The van der Waals surface area contributed by atoms with Crippen LogP contribution in [0.15, 0.2) is 42.5 Å². The molecule has 2 N–H and O–H groups in total. The molecule has 1 aliphatic rings. The van der Waals surface area contributed by atoms with E-state index in [0.29, 0.717) is 23.2 Å². The zero-order valence-electron chi connectivity index (χ0n) is 13.0. The second-order valence-electron chi connectivity index (χ2n) is 5.66. The van der Waals surface area contributed by atoms with Gasteiger partial charge in [0.15, 0.2) is 0 Å². The number of nitrogens with one attached hydrogen (secondary N) is 2. The van der Waals surface area contributed by atoms with E-state index in [0.717, 1.165) is 29.8 Å². The summed E-state index contributed by atoms with van der Waals surface area (Å²) in [5.74, 6) is 0.835. The number of benzene rings is 2. The molecule has 2 aromatic carbocycles. The van der Waals surface area contributed by atoms with E-state index in [9.17, 15) is 4.79 Å². The third-order valence-corrected chi connectivity index (χ3v) is 4.81. The van der Waals surface area contributed by atoms with Gasteiger partial charge in [-0.25, -0.2) is 0 Å². The van der Waals surface area contributed by atoms with Crippen LogP contribution in [0.1, 0.15) is 17.5 Å². The van der Waals surface area contributed by atoms with Crippen LogP contribution in [0, 0.1) is 0 Å². The molecule has 126 valence electrons. The van der Waals surface area contributed by atoms with Gasteiger partial charge in [0.25, 0.3) is 0 Å². The molecule has 1 fully saturated rings. The molecule has 4 nitrogen and oxygen atoms in total. The highest BCUT2D eigenvalue weighted by Crippen LogP contribution is 2.26. The van der Waals surface area contributed by atoms with Gasteiger partial charge < -0.3 is 15.4 Å². The van der Waals surface area contributed by atoms with Crippen molar-refractivity contribution >= 4 is 29.1 Å². The lowest BCUT2D eigenvalue weighted by Crippen LogP contribution is -2.35. The maximum atomic E-state index is 11.5. The van der Waals surface area contributed by atoms with Crippen LogP contribution in [0.2, 0.25) is 10.0 Å². The Morgan fingerprint density at radius 3 is 2.67 bits per heavy atom. The summed E-state index contributed by atoms with van der Waals surface area (Å²) in [5, 5.41) is 7.11. The average molecular weight is 365 g/mol. The van der Waals surface area contributed by atoms with E-state index in [4.69, 9.17) is 27.9 Å². The van der Waals surface area contributed by atoms with E-state index < -0.39 is 0 Å². The molecule has 2 aromatic rings. The van der Waals surface area contributed by atoms with Crippen LogP contribution in [0.3, 0.4) is 0 Å². The maximum absolute atomic E-state index is 11.5. The molecule has 1 unspecified atom stereocenters. The number of ether oxygens (including phenoxy) is 1. The fourth-order valence-electron chi connectivity index (χ4n) is 2.55. The fraction of sp³-hybridized carbons (Fsp3) is 0.278. The van der Waals surface area contributed by atoms with Crippen LogP contribution >= 0.6 is 23.2 Å². The predicted octanol–water partition coefficient (Wildman–Crippen LogP) is 3.55. The minimum atomic E-state index is -0.0918. The first-order valence-electron chi connectivity index (χ1n) is 7.79. The van der Waals surface area contributed by atoms with Gasteiger partial charge in [-0.1, -0.05) is 47.5 Å². The molecule has 1 amide bonds. The first kappa shape index (κ1) is 17.1. The number of carbonyl (C=O) groups is 1. The largest absolute Gasteiger partial charge is 0.489 e. The van der Waals surface area contributed by atoms with Gasteiger partial charge in [-0.3, -0.25) is 4.79 Å². The number of halogens is 2. The smallest absolute Gasteiger partial charge is 0.237 e. The Morgan fingerprint density at radius 2 is 1.96 bits per heavy atom. The SMILES string of the molecule is O=C1NCCC1NCc1ccc(OCc2cccc(Cl)c2Cl)cc1. The topological polar surface area (TPSA) is 50.4 Å². The highest BCUT2D eigenvalue weighted by atomic mass is 35.5. The van der Waals surface area contributed by atoms with Crippen LogP contribution in [-0.2, 0) is 17.9 Å². The Kier molecular flexibility index (Phi) is 5.61. The monoisotopic (exact) mass is 364 g/mol. The Hall–Kier alpha value is -1.75. The van der Waals surface area contributed by atoms with Gasteiger partial charge in [0, 0.05) is 18.7 Å². The molecular formula is C18H18Cl2N2O2. The number of hydrogen-bond donors (Lipinski definition) is 2. The average Bonchev–Trinajstić information content (AvgIpc) is 3.00. The summed E-state index contributed by atoms with van der Waals surface area (Å²) in [6, 6.07) is 13.2. The summed E-state index contributed by atoms with van der Waals surface area (Å²) in [6.07, 6.45) is 0.834. The summed E-state index contributed by atoms with van der Waals surface area (Å²) in [4.78, 5) is 11.5. The first-order valence-corrected chi connectivity index (χ1v) is 8.55. The molecule has 1 aliphatic heterocycles. The minimum Gasteiger partial charge on any atom is -0.489 e. The lowest BCUT2D eigenvalue weighted by Gasteiger charge is -2.11. The molecule has 6 heteroatoms. The maximum Gasteiger partial charge on any atom is 0.237 e. The molecule has 24 heavy (non-hydrogen) atoms. The fourth-order valence-corrected chi connectivity index (χ4v) is 2.93. The van der Waals surface area contributed by atoms with Gasteiger partial charge in [-0.15, -0.1) is 0 Å². The molecule has 1 atom stereocenters. The molecule has 1 saturated heterocycles. The summed E-state index contributed by atoms with van der Waals surface area (Å²) in [6.45, 7) is 1.76. The van der Waals surface area contributed by atoms with Gasteiger partial charge >= 0.3 is 0 Å². The Labute approximate surface area is 151 Å². The van der Waals surface area contributed by atoms with E-state index in [-0.39, 0.29) is 11.9 Å². The Bertz CT molecular complexity index is 719. The zero-order valence-corrected chi connectivity index (χ0v) is 14.5. The van der Waals surface area contributed by atoms with Crippen molar-refractivity contribution in [2.24, 2.45) is 0 Å². The molecule has 0 aromatic heterocycles. The number of rotatable bonds is 6. The molecule has 0 bridgehead atoms. The first-order chi connectivity index (χ1) is 11.6. The van der Waals surface area contributed by atoms with E-state index in [1.807, 2.05) is 36.4 Å². The van der Waals surface area contributed by atoms with E-state index in [2.05, 4.69) is 10.6 Å². The van der Waals surface area contributed by atoms with E-state index >= 15 is 0 Å². The molecule has 0 spiro atoms. The van der Waals surface area contributed by atoms with Crippen molar-refractivity contribution in [1.29, 1.82) is 0 Å². The standard InChI is InChI=1S/C18H18Cl2N2O2/c19-15-3-1-2-13(17(15)20)11-24-14-6-4-12(5-7-14)10-22-16-8-9-21-18(16)23/h1-7,16,22H,8-11H2,(H,21,23). The van der Waals surface area contributed by atoms with E-state index in [1.54, 1.807) is 6.07 Å². The summed E-state index contributed by atoms with van der Waals surface area (Å²) in [5.41, 5.74) is 1.95. The van der Waals surface area contributed by atoms with Crippen LogP contribution in [0.4, 0.5) is 0 Å². The van der Waals surface area contributed by atoms with Gasteiger partial charge in [0.1, 0.15) is 12.4 Å². The van der Waals surface area contributed by atoms with Crippen molar-refractivity contribution in [3.63, 3.8) is 0 Å². The number of amides is 1. The Morgan fingerprint density at radius 1 is 1.17 bits per heavy atom. The molecule has 1 heterocycles. The summed E-state index contributed by atoms with van der Waals surface area (Å²) in [7, 11) is 0. The van der Waals surface area contributed by atoms with Crippen LogP contribution < -0.4 is 15.4 Å². The van der Waals surface area contributed by atoms with Gasteiger partial charge in [0.05, 0.1) is 16.1 Å². The normalized spacial score (nSPS) is 16.9. The molecular weight excluding hydrogens is 347 g/mol. The molecule has 3 rings (SSSR count). The Balaban J connectivity index is 1.52. The molecule has 0 radical (unpaired) electrons. The van der Waals surface area contributed by atoms with E-state index in [1.165, 1.54) is 0 Å². The zero-order chi connectivity index (χ0) is 16.9. The summed E-state index contributed by atoms with van der Waals surface area (Å²) >= 11 is 12.1. The van der Waals surface area contributed by atoms with Crippen molar-refractivity contribution in [3.8, 4) is 5.75 Å². The van der Waals surface area contributed by atoms with Crippen molar-refractivity contribution < 1.29 is 9.53 Å². The van der Waals surface area contributed by atoms with Crippen LogP contribution in [0.5, 0.6) is 5.75 Å². The van der Waals surface area contributed by atoms with Gasteiger partial charge in [-0.05, 0) is 30.2 Å². The molecule has 0 saturated carbocycles. The lowest BCUT2D eigenvalue weighted by molar-refractivity contribution is -0.120. The van der Waals surface area contributed by atoms with Crippen molar-refractivity contribution in [2.75, 3.05) is 6.54 Å². The third kappa shape index (κ3) is 4.20. The van der Waals surface area contributed by atoms with Gasteiger partial charge in [-0.2, -0.15) is 0 Å². The predicted molar refractivity (Wildman–Crippen MR) is 95.5 cm³/mol. The highest BCUT2D eigenvalue weighted by molar-refractivity contribution is 6.42. The van der Waals surface area contributed by atoms with Crippen molar-refractivity contribution in [3.05, 3.63) is 63.6 Å².